The van der Waals surface area contributed by atoms with Gasteiger partial charge < -0.3 is 0 Å². The fourth-order valence-electron chi connectivity index (χ4n) is 1.74. The van der Waals surface area contributed by atoms with E-state index in [1.54, 1.807) is 0 Å². The number of rotatable bonds is 1. The predicted octanol–water partition coefficient (Wildman–Crippen LogP) is 2.85. The quantitative estimate of drug-likeness (QED) is 0.471. The van der Waals surface area contributed by atoms with Crippen LogP contribution in [0.2, 0.25) is 0 Å². The van der Waals surface area contributed by atoms with E-state index in [1.165, 1.54) is 12.8 Å². The van der Waals surface area contributed by atoms with Crippen LogP contribution in [0.3, 0.4) is 0 Å². The van der Waals surface area contributed by atoms with Crippen LogP contribution in [0, 0.1) is 17.8 Å². The summed E-state index contributed by atoms with van der Waals surface area (Å²) in [6, 6.07) is 0. The van der Waals surface area contributed by atoms with Gasteiger partial charge in [-0.25, -0.2) is 0 Å². The molecule has 0 saturated heterocycles. The minimum atomic E-state index is 0.806. The zero-order valence-electron chi connectivity index (χ0n) is 6.43. The van der Waals surface area contributed by atoms with Crippen LogP contribution < -0.4 is 0 Å². The highest BCUT2D eigenvalue weighted by Crippen LogP contribution is 2.36. The fraction of sp³-hybridized carbons (Fsp3) is 0.778. The zero-order valence-corrected chi connectivity index (χ0v) is 6.43. The molecular formula is C9H16. The van der Waals surface area contributed by atoms with Crippen molar-refractivity contribution < 1.29 is 0 Å². The Bertz CT molecular complexity index is 105. The average molecular weight is 124 g/mol. The lowest BCUT2D eigenvalue weighted by atomic mass is 9.93. The van der Waals surface area contributed by atoms with Crippen molar-refractivity contribution in [3.05, 3.63) is 12.7 Å². The van der Waals surface area contributed by atoms with Gasteiger partial charge in [-0.05, 0) is 30.6 Å². The SMILES string of the molecule is C=CC1CCC(C)C1C. The fourth-order valence-corrected chi connectivity index (χ4v) is 1.74. The van der Waals surface area contributed by atoms with Crippen LogP contribution in [-0.2, 0) is 0 Å². The van der Waals surface area contributed by atoms with Crippen molar-refractivity contribution in [3.63, 3.8) is 0 Å². The van der Waals surface area contributed by atoms with Crippen LogP contribution in [0.15, 0.2) is 12.7 Å². The molecule has 0 radical (unpaired) electrons. The van der Waals surface area contributed by atoms with Gasteiger partial charge in [0.2, 0.25) is 0 Å². The third kappa shape index (κ3) is 1.17. The number of allylic oxidation sites excluding steroid dienone is 1. The first-order chi connectivity index (χ1) is 4.25. The smallest absolute Gasteiger partial charge is 0.0208 e. The molecule has 9 heavy (non-hydrogen) atoms. The third-order valence-electron chi connectivity index (χ3n) is 2.83. The molecule has 0 heteroatoms. The summed E-state index contributed by atoms with van der Waals surface area (Å²) in [6.45, 7) is 8.51. The second-order valence-electron chi connectivity index (χ2n) is 3.31. The van der Waals surface area contributed by atoms with Crippen LogP contribution >= 0.6 is 0 Å². The maximum absolute atomic E-state index is 3.83. The largest absolute Gasteiger partial charge is 0.103 e. The van der Waals surface area contributed by atoms with E-state index in [1.807, 2.05) is 0 Å². The monoisotopic (exact) mass is 124 g/mol. The lowest BCUT2D eigenvalue weighted by Gasteiger charge is -2.12. The van der Waals surface area contributed by atoms with E-state index in [0.29, 0.717) is 0 Å². The molecule has 0 amide bonds. The zero-order chi connectivity index (χ0) is 6.85. The summed E-state index contributed by atoms with van der Waals surface area (Å²) in [6.07, 6.45) is 4.89. The van der Waals surface area contributed by atoms with Crippen molar-refractivity contribution in [2.75, 3.05) is 0 Å². The van der Waals surface area contributed by atoms with Crippen LogP contribution in [0.5, 0.6) is 0 Å². The first kappa shape index (κ1) is 6.85. The first-order valence-electron chi connectivity index (χ1n) is 3.88. The molecule has 0 bridgehead atoms. The molecule has 1 saturated carbocycles. The molecule has 3 unspecified atom stereocenters. The highest BCUT2D eigenvalue weighted by Gasteiger charge is 2.26. The highest BCUT2D eigenvalue weighted by atomic mass is 14.3. The molecule has 0 nitrogen and oxygen atoms in total. The average Bonchev–Trinajstić information content (AvgIpc) is 2.15. The normalized spacial score (nSPS) is 43.1. The van der Waals surface area contributed by atoms with Crippen molar-refractivity contribution in [3.8, 4) is 0 Å². The second kappa shape index (κ2) is 2.55. The summed E-state index contributed by atoms with van der Waals surface area (Å²) >= 11 is 0. The predicted molar refractivity (Wildman–Crippen MR) is 41.2 cm³/mol. The highest BCUT2D eigenvalue weighted by molar-refractivity contribution is 4.90. The molecule has 3 atom stereocenters. The van der Waals surface area contributed by atoms with E-state index in [9.17, 15) is 0 Å². The molecule has 0 heterocycles. The molecule has 0 aromatic carbocycles. The standard InChI is InChI=1S/C9H16/c1-4-9-6-5-7(2)8(9)3/h4,7-9H,1,5-6H2,2-3H3. The Morgan fingerprint density at radius 1 is 1.33 bits per heavy atom. The molecule has 1 fully saturated rings. The molecular weight excluding hydrogens is 108 g/mol. The summed E-state index contributed by atoms with van der Waals surface area (Å²) in [5.41, 5.74) is 0. The van der Waals surface area contributed by atoms with E-state index in [2.05, 4.69) is 26.5 Å². The Balaban J connectivity index is 2.50. The van der Waals surface area contributed by atoms with Crippen LogP contribution in [0.25, 0.3) is 0 Å². The van der Waals surface area contributed by atoms with E-state index in [0.717, 1.165) is 17.8 Å². The lowest BCUT2D eigenvalue weighted by molar-refractivity contribution is 0.407. The van der Waals surface area contributed by atoms with Crippen molar-refractivity contribution in [2.24, 2.45) is 17.8 Å². The van der Waals surface area contributed by atoms with E-state index >= 15 is 0 Å². The van der Waals surface area contributed by atoms with Gasteiger partial charge in [-0.3, -0.25) is 0 Å². The Morgan fingerprint density at radius 2 is 2.00 bits per heavy atom. The summed E-state index contributed by atoms with van der Waals surface area (Å²) in [4.78, 5) is 0. The molecule has 0 N–H and O–H groups in total. The van der Waals surface area contributed by atoms with Crippen molar-refractivity contribution >= 4 is 0 Å². The molecule has 0 aromatic heterocycles. The van der Waals surface area contributed by atoms with Crippen molar-refractivity contribution in [2.45, 2.75) is 26.7 Å². The minimum absolute atomic E-state index is 0.806. The molecule has 52 valence electrons. The molecule has 0 aromatic rings. The van der Waals surface area contributed by atoms with E-state index in [4.69, 9.17) is 0 Å². The number of hydrogen-bond donors (Lipinski definition) is 0. The van der Waals surface area contributed by atoms with Crippen LogP contribution in [0.4, 0.5) is 0 Å². The van der Waals surface area contributed by atoms with E-state index in [-0.39, 0.29) is 0 Å². The Morgan fingerprint density at radius 3 is 2.22 bits per heavy atom. The van der Waals surface area contributed by atoms with Gasteiger partial charge in [0.25, 0.3) is 0 Å². The van der Waals surface area contributed by atoms with Gasteiger partial charge in [0.1, 0.15) is 0 Å². The summed E-state index contributed by atoms with van der Waals surface area (Å²) in [5.74, 6) is 2.61. The molecule has 0 aliphatic heterocycles. The Kier molecular flexibility index (Phi) is 1.94. The maximum Gasteiger partial charge on any atom is -0.0208 e. The first-order valence-corrected chi connectivity index (χ1v) is 3.88. The van der Waals surface area contributed by atoms with Gasteiger partial charge >= 0.3 is 0 Å². The lowest BCUT2D eigenvalue weighted by Crippen LogP contribution is -2.05. The topological polar surface area (TPSA) is 0 Å². The maximum atomic E-state index is 3.83. The number of hydrogen-bond acceptors (Lipinski definition) is 0. The summed E-state index contributed by atoms with van der Waals surface area (Å²) < 4.78 is 0. The molecule has 1 aliphatic rings. The van der Waals surface area contributed by atoms with Crippen molar-refractivity contribution in [1.29, 1.82) is 0 Å². The Hall–Kier alpha value is -0.260. The molecule has 1 rings (SSSR count). The van der Waals surface area contributed by atoms with Gasteiger partial charge in [-0.15, -0.1) is 6.58 Å². The third-order valence-corrected chi connectivity index (χ3v) is 2.83. The van der Waals surface area contributed by atoms with Crippen LogP contribution in [-0.4, -0.2) is 0 Å². The molecule has 1 aliphatic carbocycles. The van der Waals surface area contributed by atoms with Gasteiger partial charge in [0, 0.05) is 0 Å². The van der Waals surface area contributed by atoms with Gasteiger partial charge in [0.15, 0.2) is 0 Å². The molecule has 0 spiro atoms. The summed E-state index contributed by atoms with van der Waals surface area (Å²) in [5, 5.41) is 0. The van der Waals surface area contributed by atoms with Gasteiger partial charge in [-0.2, -0.15) is 0 Å². The van der Waals surface area contributed by atoms with E-state index < -0.39 is 0 Å². The van der Waals surface area contributed by atoms with Gasteiger partial charge in [-0.1, -0.05) is 19.9 Å². The second-order valence-corrected chi connectivity index (χ2v) is 3.31. The van der Waals surface area contributed by atoms with Crippen LogP contribution in [0.1, 0.15) is 26.7 Å². The summed E-state index contributed by atoms with van der Waals surface area (Å²) in [7, 11) is 0. The minimum Gasteiger partial charge on any atom is -0.103 e. The van der Waals surface area contributed by atoms with Crippen molar-refractivity contribution in [1.82, 2.24) is 0 Å². The van der Waals surface area contributed by atoms with Gasteiger partial charge in [0.05, 0.1) is 0 Å². The Labute approximate surface area is 58.0 Å².